The normalized spacial score (nSPS) is 19.1. The van der Waals surface area contributed by atoms with Crippen molar-refractivity contribution in [1.82, 2.24) is 4.31 Å². The van der Waals surface area contributed by atoms with Gasteiger partial charge in [-0.15, -0.1) is 0 Å². The molecular formula is C18H19NO4S. The summed E-state index contributed by atoms with van der Waals surface area (Å²) in [4.78, 5) is 11.3. The Hall–Kier alpha value is -2.18. The standard InChI is InChI=1S/C18H19NO4S/c20-18(21)16-7-4-12-19(13-16)24(22,23)17-10-8-15(9-11-17)14-5-2-1-3-6-14/h1-3,5-6,8-11,16H,4,7,12-13H2,(H,20,21). The summed E-state index contributed by atoms with van der Waals surface area (Å²) >= 11 is 0. The summed E-state index contributed by atoms with van der Waals surface area (Å²) in [6, 6.07) is 16.4. The topological polar surface area (TPSA) is 74.7 Å². The van der Waals surface area contributed by atoms with Crippen LogP contribution in [0.25, 0.3) is 11.1 Å². The molecule has 1 aliphatic heterocycles. The van der Waals surface area contributed by atoms with E-state index >= 15 is 0 Å². The van der Waals surface area contributed by atoms with E-state index in [4.69, 9.17) is 5.11 Å². The zero-order valence-electron chi connectivity index (χ0n) is 13.1. The van der Waals surface area contributed by atoms with Gasteiger partial charge in [0.25, 0.3) is 0 Å². The highest BCUT2D eigenvalue weighted by Gasteiger charge is 2.33. The first-order valence-corrected chi connectivity index (χ1v) is 9.31. The number of carbonyl (C=O) groups is 1. The Morgan fingerprint density at radius 2 is 1.62 bits per heavy atom. The fourth-order valence-corrected chi connectivity index (χ4v) is 4.49. The lowest BCUT2D eigenvalue weighted by Crippen LogP contribution is -2.42. The molecule has 0 spiro atoms. The highest BCUT2D eigenvalue weighted by atomic mass is 32.2. The third kappa shape index (κ3) is 3.34. The monoisotopic (exact) mass is 345 g/mol. The number of rotatable bonds is 4. The Labute approximate surface area is 141 Å². The van der Waals surface area contributed by atoms with Gasteiger partial charge in [0, 0.05) is 13.1 Å². The molecule has 24 heavy (non-hydrogen) atoms. The zero-order chi connectivity index (χ0) is 17.2. The molecule has 1 fully saturated rings. The lowest BCUT2D eigenvalue weighted by atomic mass is 10.0. The van der Waals surface area contributed by atoms with Crippen LogP contribution in [0.5, 0.6) is 0 Å². The average Bonchev–Trinajstić information content (AvgIpc) is 2.62. The van der Waals surface area contributed by atoms with Crippen LogP contribution in [0.2, 0.25) is 0 Å². The number of hydrogen-bond acceptors (Lipinski definition) is 3. The van der Waals surface area contributed by atoms with Crippen molar-refractivity contribution in [1.29, 1.82) is 0 Å². The number of aliphatic carboxylic acids is 1. The van der Waals surface area contributed by atoms with Crippen molar-refractivity contribution in [3.63, 3.8) is 0 Å². The molecule has 3 rings (SSSR count). The molecule has 1 heterocycles. The van der Waals surface area contributed by atoms with Crippen LogP contribution in [0.4, 0.5) is 0 Å². The van der Waals surface area contributed by atoms with Gasteiger partial charge in [-0.05, 0) is 36.1 Å². The molecule has 1 aliphatic rings. The van der Waals surface area contributed by atoms with Crippen molar-refractivity contribution in [2.75, 3.05) is 13.1 Å². The van der Waals surface area contributed by atoms with E-state index < -0.39 is 21.9 Å². The quantitative estimate of drug-likeness (QED) is 0.924. The van der Waals surface area contributed by atoms with E-state index in [9.17, 15) is 13.2 Å². The second-order valence-corrected chi connectivity index (χ2v) is 7.87. The third-order valence-corrected chi connectivity index (χ3v) is 6.21. The van der Waals surface area contributed by atoms with Gasteiger partial charge in [0.2, 0.25) is 10.0 Å². The molecule has 0 aromatic heterocycles. The number of carboxylic acid groups (broad SMARTS) is 1. The molecule has 0 amide bonds. The second-order valence-electron chi connectivity index (χ2n) is 5.93. The maximum absolute atomic E-state index is 12.7. The SMILES string of the molecule is O=C(O)C1CCCN(S(=O)(=O)c2ccc(-c3ccccc3)cc2)C1. The molecule has 1 N–H and O–H groups in total. The smallest absolute Gasteiger partial charge is 0.307 e. The maximum atomic E-state index is 12.7. The van der Waals surface area contributed by atoms with Gasteiger partial charge in [-0.3, -0.25) is 4.79 Å². The van der Waals surface area contributed by atoms with Crippen LogP contribution in [0.3, 0.4) is 0 Å². The predicted molar refractivity (Wildman–Crippen MR) is 91.0 cm³/mol. The third-order valence-electron chi connectivity index (χ3n) is 4.33. The summed E-state index contributed by atoms with van der Waals surface area (Å²) in [5.74, 6) is -1.56. The summed E-state index contributed by atoms with van der Waals surface area (Å²) in [5, 5.41) is 9.13. The van der Waals surface area contributed by atoms with E-state index in [1.54, 1.807) is 24.3 Å². The van der Waals surface area contributed by atoms with Crippen LogP contribution < -0.4 is 0 Å². The molecule has 0 aliphatic carbocycles. The Morgan fingerprint density at radius 1 is 1.00 bits per heavy atom. The van der Waals surface area contributed by atoms with Gasteiger partial charge in [0.05, 0.1) is 10.8 Å². The van der Waals surface area contributed by atoms with E-state index in [1.165, 1.54) is 4.31 Å². The lowest BCUT2D eigenvalue weighted by molar-refractivity contribution is -0.142. The van der Waals surface area contributed by atoms with E-state index in [-0.39, 0.29) is 11.4 Å². The van der Waals surface area contributed by atoms with E-state index in [2.05, 4.69) is 0 Å². The van der Waals surface area contributed by atoms with Crippen LogP contribution in [0.15, 0.2) is 59.5 Å². The molecule has 0 bridgehead atoms. The fourth-order valence-electron chi connectivity index (χ4n) is 2.96. The van der Waals surface area contributed by atoms with Gasteiger partial charge in [-0.1, -0.05) is 42.5 Å². The van der Waals surface area contributed by atoms with Gasteiger partial charge in [0.15, 0.2) is 0 Å². The number of carboxylic acids is 1. The number of hydrogen-bond donors (Lipinski definition) is 1. The van der Waals surface area contributed by atoms with Crippen molar-refractivity contribution in [3.05, 3.63) is 54.6 Å². The van der Waals surface area contributed by atoms with Crippen molar-refractivity contribution in [3.8, 4) is 11.1 Å². The predicted octanol–water partition coefficient (Wildman–Crippen LogP) is 2.84. The number of piperidine rings is 1. The average molecular weight is 345 g/mol. The first-order chi connectivity index (χ1) is 11.5. The lowest BCUT2D eigenvalue weighted by Gasteiger charge is -2.29. The number of benzene rings is 2. The molecule has 2 aromatic rings. The van der Waals surface area contributed by atoms with Crippen LogP contribution >= 0.6 is 0 Å². The molecule has 0 saturated carbocycles. The summed E-state index contributed by atoms with van der Waals surface area (Å²) in [6.45, 7) is 0.407. The van der Waals surface area contributed by atoms with Crippen LogP contribution in [0.1, 0.15) is 12.8 Å². The van der Waals surface area contributed by atoms with Gasteiger partial charge < -0.3 is 5.11 Å². The van der Waals surface area contributed by atoms with E-state index in [0.717, 1.165) is 11.1 Å². The minimum atomic E-state index is -3.66. The Bertz CT molecular complexity index is 816. The summed E-state index contributed by atoms with van der Waals surface area (Å²) in [5.41, 5.74) is 1.96. The van der Waals surface area contributed by atoms with Crippen LogP contribution in [0, 0.1) is 5.92 Å². The fraction of sp³-hybridized carbons (Fsp3) is 0.278. The highest BCUT2D eigenvalue weighted by Crippen LogP contribution is 2.26. The largest absolute Gasteiger partial charge is 0.481 e. The molecule has 2 aromatic carbocycles. The maximum Gasteiger partial charge on any atom is 0.307 e. The highest BCUT2D eigenvalue weighted by molar-refractivity contribution is 7.89. The number of sulfonamides is 1. The van der Waals surface area contributed by atoms with Gasteiger partial charge >= 0.3 is 5.97 Å². The van der Waals surface area contributed by atoms with Gasteiger partial charge in [-0.25, -0.2) is 8.42 Å². The minimum Gasteiger partial charge on any atom is -0.481 e. The summed E-state index contributed by atoms with van der Waals surface area (Å²) in [7, 11) is -3.66. The minimum absolute atomic E-state index is 0.0398. The van der Waals surface area contributed by atoms with Gasteiger partial charge in [-0.2, -0.15) is 4.31 Å². The molecule has 126 valence electrons. The van der Waals surface area contributed by atoms with E-state index in [1.807, 2.05) is 30.3 Å². The molecule has 5 nitrogen and oxygen atoms in total. The van der Waals surface area contributed by atoms with Crippen molar-refractivity contribution >= 4 is 16.0 Å². The Morgan fingerprint density at radius 3 is 2.25 bits per heavy atom. The molecule has 1 atom stereocenters. The van der Waals surface area contributed by atoms with Crippen LogP contribution in [-0.2, 0) is 14.8 Å². The number of nitrogens with zero attached hydrogens (tertiary/aromatic N) is 1. The van der Waals surface area contributed by atoms with E-state index in [0.29, 0.717) is 19.4 Å². The molecular weight excluding hydrogens is 326 g/mol. The Balaban J connectivity index is 1.83. The molecule has 1 unspecified atom stereocenters. The summed E-state index contributed by atoms with van der Waals surface area (Å²) < 4.78 is 26.8. The first kappa shape index (κ1) is 16.7. The van der Waals surface area contributed by atoms with Crippen molar-refractivity contribution in [2.45, 2.75) is 17.7 Å². The van der Waals surface area contributed by atoms with Gasteiger partial charge in [0.1, 0.15) is 0 Å². The van der Waals surface area contributed by atoms with Crippen molar-refractivity contribution < 1.29 is 18.3 Å². The molecule has 1 saturated heterocycles. The summed E-state index contributed by atoms with van der Waals surface area (Å²) in [6.07, 6.45) is 1.09. The van der Waals surface area contributed by atoms with Crippen molar-refractivity contribution in [2.24, 2.45) is 5.92 Å². The van der Waals surface area contributed by atoms with Crippen LogP contribution in [-0.4, -0.2) is 36.9 Å². The molecule has 6 heteroatoms. The molecule has 0 radical (unpaired) electrons. The Kier molecular flexibility index (Phi) is 4.69. The second kappa shape index (κ2) is 6.75. The first-order valence-electron chi connectivity index (χ1n) is 7.87. The zero-order valence-corrected chi connectivity index (χ0v) is 13.9.